The van der Waals surface area contributed by atoms with Gasteiger partial charge in [0.15, 0.2) is 0 Å². The molecule has 1 aliphatic carbocycles. The van der Waals surface area contributed by atoms with E-state index >= 15 is 0 Å². The van der Waals surface area contributed by atoms with E-state index in [1.807, 2.05) is 38.1 Å². The van der Waals surface area contributed by atoms with Crippen LogP contribution in [-0.2, 0) is 16.1 Å². The molecule has 4 heteroatoms. The maximum atomic E-state index is 12.3. The number of carbonyl (C=O) groups excluding carboxylic acids is 1. The highest BCUT2D eigenvalue weighted by Gasteiger charge is 2.22. The van der Waals surface area contributed by atoms with Crippen LogP contribution in [0.2, 0.25) is 0 Å². The lowest BCUT2D eigenvalue weighted by atomic mass is 9.90. The Balaban J connectivity index is 2.25. The lowest BCUT2D eigenvalue weighted by Crippen LogP contribution is -2.27. The second-order valence-corrected chi connectivity index (χ2v) is 4.67. The Morgan fingerprint density at radius 2 is 2.05 bits per heavy atom. The van der Waals surface area contributed by atoms with E-state index in [-0.39, 0.29) is 5.97 Å². The van der Waals surface area contributed by atoms with Gasteiger partial charge in [0.25, 0.3) is 0 Å². The molecule has 0 heterocycles. The highest BCUT2D eigenvalue weighted by Crippen LogP contribution is 2.30. The van der Waals surface area contributed by atoms with Crippen LogP contribution in [0.4, 0.5) is 0 Å². The molecule has 0 radical (unpaired) electrons. The molecule has 0 aromatic heterocycles. The monoisotopic (exact) mass is 275 g/mol. The number of fused-ring (bicyclic) bond motifs is 1. The van der Waals surface area contributed by atoms with Crippen LogP contribution >= 0.6 is 0 Å². The van der Waals surface area contributed by atoms with Gasteiger partial charge in [-0.2, -0.15) is 0 Å². The topological polar surface area (TPSA) is 38.8 Å². The first-order valence-electron chi connectivity index (χ1n) is 7.04. The van der Waals surface area contributed by atoms with Gasteiger partial charge in [-0.25, -0.2) is 4.79 Å². The Labute approximate surface area is 119 Å². The van der Waals surface area contributed by atoms with Crippen molar-refractivity contribution in [1.29, 1.82) is 0 Å². The lowest BCUT2D eigenvalue weighted by molar-refractivity contribution is -0.180. The fourth-order valence-corrected chi connectivity index (χ4v) is 2.35. The van der Waals surface area contributed by atoms with Gasteiger partial charge in [0.05, 0.1) is 12.7 Å². The van der Waals surface area contributed by atoms with Crippen LogP contribution in [0.5, 0.6) is 5.75 Å². The average molecular weight is 275 g/mol. The summed E-state index contributed by atoms with van der Waals surface area (Å²) in [5, 5.41) is 1.65. The fourth-order valence-electron chi connectivity index (χ4n) is 2.35. The highest BCUT2D eigenvalue weighted by atomic mass is 16.7. The van der Waals surface area contributed by atoms with Gasteiger partial charge in [-0.15, -0.1) is 5.06 Å². The predicted octanol–water partition coefficient (Wildman–Crippen LogP) is 2.82. The summed E-state index contributed by atoms with van der Waals surface area (Å²) in [6.07, 6.45) is 3.76. The van der Waals surface area contributed by atoms with Crippen LogP contribution in [-0.4, -0.2) is 31.2 Å². The first-order chi connectivity index (χ1) is 9.69. The van der Waals surface area contributed by atoms with Crippen molar-refractivity contribution in [3.05, 3.63) is 35.4 Å². The molecule has 0 aliphatic heterocycles. The quantitative estimate of drug-likeness (QED) is 0.775. The summed E-state index contributed by atoms with van der Waals surface area (Å²) in [4.78, 5) is 17.7. The van der Waals surface area contributed by atoms with Crippen molar-refractivity contribution in [2.24, 2.45) is 0 Å². The molecule has 4 nitrogen and oxygen atoms in total. The number of benzene rings is 1. The molecule has 0 N–H and O–H groups in total. The second-order valence-electron chi connectivity index (χ2n) is 4.67. The molecule has 108 valence electrons. The Morgan fingerprint density at radius 3 is 2.70 bits per heavy atom. The molecule has 1 aromatic carbocycles. The van der Waals surface area contributed by atoms with Crippen LogP contribution in [0.25, 0.3) is 5.57 Å². The van der Waals surface area contributed by atoms with Crippen molar-refractivity contribution < 1.29 is 14.4 Å². The fraction of sp³-hybridized carbons (Fsp3) is 0.438. The van der Waals surface area contributed by atoms with E-state index in [2.05, 4.69) is 0 Å². The van der Waals surface area contributed by atoms with Gasteiger partial charge in [-0.1, -0.05) is 12.1 Å². The Hall–Kier alpha value is -1.81. The molecule has 0 unspecified atom stereocenters. The molecule has 0 saturated carbocycles. The molecule has 1 aromatic rings. The minimum absolute atomic E-state index is 0.289. The minimum Gasteiger partial charge on any atom is -0.497 e. The average Bonchev–Trinajstić information content (AvgIpc) is 2.51. The molecule has 0 atom stereocenters. The third-order valence-corrected chi connectivity index (χ3v) is 3.51. The molecule has 2 rings (SSSR count). The van der Waals surface area contributed by atoms with E-state index in [4.69, 9.17) is 9.57 Å². The van der Waals surface area contributed by atoms with E-state index in [0.717, 1.165) is 24.2 Å². The van der Waals surface area contributed by atoms with E-state index in [0.29, 0.717) is 18.7 Å². The zero-order valence-electron chi connectivity index (χ0n) is 12.3. The summed E-state index contributed by atoms with van der Waals surface area (Å²) in [6.45, 7) is 5.28. The van der Waals surface area contributed by atoms with Gasteiger partial charge in [0, 0.05) is 13.1 Å². The highest BCUT2D eigenvalue weighted by molar-refractivity contribution is 6.17. The van der Waals surface area contributed by atoms with Crippen molar-refractivity contribution in [2.45, 2.75) is 26.7 Å². The number of nitrogens with zero attached hydrogens (tertiary/aromatic N) is 1. The number of hydrogen-bond acceptors (Lipinski definition) is 4. The summed E-state index contributed by atoms with van der Waals surface area (Å²) < 4.78 is 5.24. The molecule has 0 fully saturated rings. The molecule has 0 bridgehead atoms. The summed E-state index contributed by atoms with van der Waals surface area (Å²) in [6, 6.07) is 5.85. The van der Waals surface area contributed by atoms with Crippen molar-refractivity contribution in [1.82, 2.24) is 5.06 Å². The van der Waals surface area contributed by atoms with Gasteiger partial charge in [-0.05, 0) is 49.9 Å². The van der Waals surface area contributed by atoms with Crippen LogP contribution in [0.1, 0.15) is 31.4 Å². The molecular formula is C16H21NO3. The number of hydroxylamine groups is 2. The first-order valence-corrected chi connectivity index (χ1v) is 7.04. The van der Waals surface area contributed by atoms with E-state index < -0.39 is 0 Å². The van der Waals surface area contributed by atoms with Gasteiger partial charge in [0.2, 0.25) is 0 Å². The van der Waals surface area contributed by atoms with Crippen LogP contribution in [0.15, 0.2) is 24.3 Å². The SMILES string of the molecule is CCN(CC)OC(=O)C1=CCCc2ccc(OC)cc21. The molecule has 0 saturated heterocycles. The van der Waals surface area contributed by atoms with Gasteiger partial charge in [0.1, 0.15) is 5.75 Å². The smallest absolute Gasteiger partial charge is 0.357 e. The van der Waals surface area contributed by atoms with Crippen molar-refractivity contribution >= 4 is 11.5 Å². The summed E-state index contributed by atoms with van der Waals surface area (Å²) in [5.74, 6) is 0.468. The summed E-state index contributed by atoms with van der Waals surface area (Å²) in [7, 11) is 1.63. The third kappa shape index (κ3) is 3.02. The number of methoxy groups -OCH3 is 1. The third-order valence-electron chi connectivity index (χ3n) is 3.51. The van der Waals surface area contributed by atoms with Crippen molar-refractivity contribution in [3.8, 4) is 5.75 Å². The maximum absolute atomic E-state index is 12.3. The zero-order valence-corrected chi connectivity index (χ0v) is 12.3. The van der Waals surface area contributed by atoms with E-state index in [1.54, 1.807) is 12.2 Å². The number of hydrogen-bond donors (Lipinski definition) is 0. The molecule has 20 heavy (non-hydrogen) atoms. The predicted molar refractivity (Wildman–Crippen MR) is 78.3 cm³/mol. The summed E-state index contributed by atoms with van der Waals surface area (Å²) >= 11 is 0. The molecule has 0 amide bonds. The molecule has 0 spiro atoms. The van der Waals surface area contributed by atoms with Gasteiger partial charge < -0.3 is 9.57 Å². The lowest BCUT2D eigenvalue weighted by Gasteiger charge is -2.21. The van der Waals surface area contributed by atoms with Gasteiger partial charge >= 0.3 is 5.97 Å². The molecular weight excluding hydrogens is 254 g/mol. The number of allylic oxidation sites excluding steroid dienone is 1. The van der Waals surface area contributed by atoms with E-state index in [1.165, 1.54) is 5.56 Å². The number of carbonyl (C=O) groups is 1. The number of aryl methyl sites for hydroxylation is 1. The Morgan fingerprint density at radius 1 is 1.30 bits per heavy atom. The minimum atomic E-state index is -0.289. The second kappa shape index (κ2) is 6.57. The first kappa shape index (κ1) is 14.6. The van der Waals surface area contributed by atoms with Crippen molar-refractivity contribution in [3.63, 3.8) is 0 Å². The largest absolute Gasteiger partial charge is 0.497 e. The van der Waals surface area contributed by atoms with Crippen LogP contribution in [0.3, 0.4) is 0 Å². The Kier molecular flexibility index (Phi) is 4.79. The van der Waals surface area contributed by atoms with Gasteiger partial charge in [-0.3, -0.25) is 0 Å². The standard InChI is InChI=1S/C16H21NO3/c1-4-17(5-2)20-16(18)14-8-6-7-12-9-10-13(19-3)11-15(12)14/h8-11H,4-7H2,1-3H3. The number of ether oxygens (including phenoxy) is 1. The van der Waals surface area contributed by atoms with Crippen molar-refractivity contribution in [2.75, 3.05) is 20.2 Å². The number of rotatable bonds is 5. The van der Waals surface area contributed by atoms with Crippen LogP contribution in [0, 0.1) is 0 Å². The zero-order chi connectivity index (χ0) is 14.5. The molecule has 1 aliphatic rings. The normalized spacial score (nSPS) is 13.7. The van der Waals surface area contributed by atoms with Crippen LogP contribution < -0.4 is 4.74 Å². The summed E-state index contributed by atoms with van der Waals surface area (Å²) in [5.41, 5.74) is 2.73. The Bertz CT molecular complexity index is 518. The maximum Gasteiger partial charge on any atom is 0.357 e. The van der Waals surface area contributed by atoms with E-state index in [9.17, 15) is 4.79 Å².